The van der Waals surface area contributed by atoms with Crippen molar-refractivity contribution in [2.24, 2.45) is 0 Å². The highest BCUT2D eigenvalue weighted by molar-refractivity contribution is 8.00. The van der Waals surface area contributed by atoms with Crippen LogP contribution in [0.3, 0.4) is 0 Å². The molecule has 3 rings (SSSR count). The highest BCUT2D eigenvalue weighted by Crippen LogP contribution is 2.36. The van der Waals surface area contributed by atoms with Crippen LogP contribution in [-0.2, 0) is 4.79 Å². The molecule has 0 saturated heterocycles. The van der Waals surface area contributed by atoms with Crippen molar-refractivity contribution in [2.75, 3.05) is 12.5 Å². The van der Waals surface area contributed by atoms with E-state index < -0.39 is 5.97 Å². The van der Waals surface area contributed by atoms with E-state index in [1.54, 1.807) is 0 Å². The maximum atomic E-state index is 10.6. The van der Waals surface area contributed by atoms with Gasteiger partial charge in [-0.05, 0) is 35.7 Å². The standard InChI is InChI=1S/C17H16O4S/c1-11(22-9-17(18)19)12-2-4-13(5-3-12)14-6-7-15-16(8-14)21-10-20-15/h2-8,11H,9-10H2,1H3,(H,18,19). The number of carboxylic acids is 1. The molecule has 0 aliphatic carbocycles. The Balaban J connectivity index is 1.75. The maximum Gasteiger partial charge on any atom is 0.313 e. The number of aliphatic carboxylic acids is 1. The zero-order valence-corrected chi connectivity index (χ0v) is 12.9. The van der Waals surface area contributed by atoms with Gasteiger partial charge in [0.15, 0.2) is 11.5 Å². The number of thioether (sulfide) groups is 1. The lowest BCUT2D eigenvalue weighted by Crippen LogP contribution is -2.00. The SMILES string of the molecule is CC(SCC(=O)O)c1ccc(-c2ccc3c(c2)OCO3)cc1. The lowest BCUT2D eigenvalue weighted by atomic mass is 10.0. The van der Waals surface area contributed by atoms with Crippen LogP contribution in [0.25, 0.3) is 11.1 Å². The molecule has 0 bridgehead atoms. The van der Waals surface area contributed by atoms with E-state index in [0.717, 1.165) is 28.2 Å². The lowest BCUT2D eigenvalue weighted by molar-refractivity contribution is -0.133. The Morgan fingerprint density at radius 2 is 1.82 bits per heavy atom. The van der Waals surface area contributed by atoms with Gasteiger partial charge in [0.1, 0.15) is 0 Å². The molecule has 5 heteroatoms. The van der Waals surface area contributed by atoms with E-state index >= 15 is 0 Å². The van der Waals surface area contributed by atoms with Gasteiger partial charge >= 0.3 is 5.97 Å². The van der Waals surface area contributed by atoms with Gasteiger partial charge in [-0.1, -0.05) is 30.3 Å². The fourth-order valence-corrected chi connectivity index (χ4v) is 3.06. The van der Waals surface area contributed by atoms with Crippen molar-refractivity contribution in [3.8, 4) is 22.6 Å². The van der Waals surface area contributed by atoms with Crippen molar-refractivity contribution in [2.45, 2.75) is 12.2 Å². The molecule has 22 heavy (non-hydrogen) atoms. The molecule has 0 fully saturated rings. The monoisotopic (exact) mass is 316 g/mol. The molecule has 1 atom stereocenters. The van der Waals surface area contributed by atoms with Crippen molar-refractivity contribution < 1.29 is 19.4 Å². The molecule has 2 aromatic carbocycles. The van der Waals surface area contributed by atoms with Crippen LogP contribution in [0.1, 0.15) is 17.7 Å². The zero-order valence-electron chi connectivity index (χ0n) is 12.1. The Labute approximate surface area is 133 Å². The van der Waals surface area contributed by atoms with E-state index in [2.05, 4.69) is 0 Å². The van der Waals surface area contributed by atoms with Crippen molar-refractivity contribution in [3.63, 3.8) is 0 Å². The molecule has 1 unspecified atom stereocenters. The Hall–Kier alpha value is -2.14. The van der Waals surface area contributed by atoms with Crippen LogP contribution >= 0.6 is 11.8 Å². The van der Waals surface area contributed by atoms with Gasteiger partial charge in [0, 0.05) is 5.25 Å². The largest absolute Gasteiger partial charge is 0.481 e. The number of hydrogen-bond donors (Lipinski definition) is 1. The van der Waals surface area contributed by atoms with Gasteiger partial charge < -0.3 is 14.6 Å². The van der Waals surface area contributed by atoms with Gasteiger partial charge in [0.2, 0.25) is 6.79 Å². The third kappa shape index (κ3) is 3.20. The maximum absolute atomic E-state index is 10.6. The van der Waals surface area contributed by atoms with E-state index in [9.17, 15) is 4.79 Å². The summed E-state index contributed by atoms with van der Waals surface area (Å²) < 4.78 is 10.7. The normalized spacial score (nSPS) is 13.9. The molecule has 0 aromatic heterocycles. The Morgan fingerprint density at radius 3 is 2.55 bits per heavy atom. The summed E-state index contributed by atoms with van der Waals surface area (Å²) in [4.78, 5) is 10.6. The first kappa shape index (κ1) is 14.8. The van der Waals surface area contributed by atoms with E-state index in [-0.39, 0.29) is 17.8 Å². The fourth-order valence-electron chi connectivity index (χ4n) is 2.32. The number of hydrogen-bond acceptors (Lipinski definition) is 4. The second kappa shape index (κ2) is 6.32. The Kier molecular flexibility index (Phi) is 4.24. The van der Waals surface area contributed by atoms with Crippen LogP contribution in [0, 0.1) is 0 Å². The van der Waals surface area contributed by atoms with Gasteiger partial charge in [0.05, 0.1) is 5.75 Å². The third-order valence-corrected chi connectivity index (χ3v) is 4.73. The summed E-state index contributed by atoms with van der Waals surface area (Å²) in [5, 5.41) is 8.89. The number of fused-ring (bicyclic) bond motifs is 1. The molecule has 0 saturated carbocycles. The Morgan fingerprint density at radius 1 is 1.14 bits per heavy atom. The van der Waals surface area contributed by atoms with Crippen LogP contribution in [0.4, 0.5) is 0 Å². The second-order valence-electron chi connectivity index (χ2n) is 5.04. The topological polar surface area (TPSA) is 55.8 Å². The molecule has 4 nitrogen and oxygen atoms in total. The van der Waals surface area contributed by atoms with Crippen LogP contribution in [0.2, 0.25) is 0 Å². The van der Waals surface area contributed by atoms with Gasteiger partial charge in [0.25, 0.3) is 0 Å². The molecule has 2 aromatic rings. The summed E-state index contributed by atoms with van der Waals surface area (Å²) in [7, 11) is 0. The zero-order chi connectivity index (χ0) is 15.5. The summed E-state index contributed by atoms with van der Waals surface area (Å²) in [5.41, 5.74) is 3.29. The molecular formula is C17H16O4S. The van der Waals surface area contributed by atoms with Crippen LogP contribution in [-0.4, -0.2) is 23.6 Å². The molecular weight excluding hydrogens is 300 g/mol. The average molecular weight is 316 g/mol. The summed E-state index contributed by atoms with van der Waals surface area (Å²) in [5.74, 6) is 0.880. The molecule has 0 radical (unpaired) electrons. The fraction of sp³-hybridized carbons (Fsp3) is 0.235. The minimum Gasteiger partial charge on any atom is -0.481 e. The quantitative estimate of drug-likeness (QED) is 0.905. The molecule has 0 spiro atoms. The number of benzene rings is 2. The minimum atomic E-state index is -0.783. The number of carboxylic acid groups (broad SMARTS) is 1. The average Bonchev–Trinajstić information content (AvgIpc) is 3.00. The molecule has 1 aliphatic rings. The first-order valence-electron chi connectivity index (χ1n) is 6.97. The van der Waals surface area contributed by atoms with Crippen molar-refractivity contribution in [3.05, 3.63) is 48.0 Å². The van der Waals surface area contributed by atoms with E-state index in [4.69, 9.17) is 14.6 Å². The molecule has 1 aliphatic heterocycles. The molecule has 1 N–H and O–H groups in total. The Bertz CT molecular complexity index is 682. The molecule has 114 valence electrons. The van der Waals surface area contributed by atoms with E-state index in [1.807, 2.05) is 49.4 Å². The smallest absolute Gasteiger partial charge is 0.313 e. The van der Waals surface area contributed by atoms with Crippen LogP contribution in [0.5, 0.6) is 11.5 Å². The van der Waals surface area contributed by atoms with Crippen LogP contribution < -0.4 is 9.47 Å². The predicted molar refractivity (Wildman–Crippen MR) is 86.5 cm³/mol. The van der Waals surface area contributed by atoms with Gasteiger partial charge in [-0.2, -0.15) is 0 Å². The molecule has 1 heterocycles. The van der Waals surface area contributed by atoms with E-state index in [1.165, 1.54) is 11.8 Å². The summed E-state index contributed by atoms with van der Waals surface area (Å²) >= 11 is 1.42. The predicted octanol–water partition coefficient (Wildman–Crippen LogP) is 3.96. The van der Waals surface area contributed by atoms with E-state index in [0.29, 0.717) is 0 Å². The summed E-state index contributed by atoms with van der Waals surface area (Å²) in [6.07, 6.45) is 0. The third-order valence-electron chi connectivity index (χ3n) is 3.54. The second-order valence-corrected chi connectivity index (χ2v) is 6.37. The number of ether oxygens (including phenoxy) is 2. The van der Waals surface area contributed by atoms with Gasteiger partial charge in [-0.25, -0.2) is 0 Å². The minimum absolute atomic E-state index is 0.116. The van der Waals surface area contributed by atoms with Crippen molar-refractivity contribution in [1.82, 2.24) is 0 Å². The first-order valence-corrected chi connectivity index (χ1v) is 8.02. The van der Waals surface area contributed by atoms with Gasteiger partial charge in [-0.3, -0.25) is 4.79 Å². The summed E-state index contributed by atoms with van der Waals surface area (Å²) in [6, 6.07) is 14.1. The van der Waals surface area contributed by atoms with Gasteiger partial charge in [-0.15, -0.1) is 11.8 Å². The van der Waals surface area contributed by atoms with Crippen molar-refractivity contribution >= 4 is 17.7 Å². The first-order chi connectivity index (χ1) is 10.6. The highest BCUT2D eigenvalue weighted by atomic mass is 32.2. The van der Waals surface area contributed by atoms with Crippen molar-refractivity contribution in [1.29, 1.82) is 0 Å². The summed E-state index contributed by atoms with van der Waals surface area (Å²) in [6.45, 7) is 2.29. The molecule has 0 amide bonds. The highest BCUT2D eigenvalue weighted by Gasteiger charge is 2.14. The number of rotatable bonds is 5. The van der Waals surface area contributed by atoms with Crippen LogP contribution in [0.15, 0.2) is 42.5 Å². The lowest BCUT2D eigenvalue weighted by Gasteiger charge is -2.11. The number of carbonyl (C=O) groups is 1.